The van der Waals surface area contributed by atoms with E-state index >= 15 is 0 Å². The fraction of sp³-hybridized carbons (Fsp3) is 0.200. The number of hydrogen-bond acceptors (Lipinski definition) is 4. The molecule has 0 atom stereocenters. The van der Waals surface area contributed by atoms with Gasteiger partial charge in [0.1, 0.15) is 5.82 Å². The minimum absolute atomic E-state index is 0.163. The van der Waals surface area contributed by atoms with Crippen LogP contribution in [0.25, 0.3) is 11.3 Å². The molecule has 0 bridgehead atoms. The molecule has 4 rings (SSSR count). The van der Waals surface area contributed by atoms with Crippen LogP contribution in [0, 0.1) is 5.82 Å². The fourth-order valence-corrected chi connectivity index (χ4v) is 3.87. The van der Waals surface area contributed by atoms with Crippen LogP contribution in [0.3, 0.4) is 0 Å². The summed E-state index contributed by atoms with van der Waals surface area (Å²) in [6.07, 6.45) is 1.39. The Kier molecular flexibility index (Phi) is 4.42. The van der Waals surface area contributed by atoms with E-state index in [1.807, 2.05) is 29.3 Å². The lowest BCUT2D eigenvalue weighted by molar-refractivity contribution is -0.118. The molecule has 0 saturated carbocycles. The number of carbonyl (C=O) groups is 1. The zero-order chi connectivity index (χ0) is 18.1. The van der Waals surface area contributed by atoms with Crippen molar-refractivity contribution in [3.63, 3.8) is 0 Å². The quantitative estimate of drug-likeness (QED) is 0.706. The number of rotatable bonds is 4. The van der Waals surface area contributed by atoms with Gasteiger partial charge in [-0.25, -0.2) is 9.37 Å². The summed E-state index contributed by atoms with van der Waals surface area (Å²) in [5, 5.41) is 5.95. The van der Waals surface area contributed by atoms with Crippen molar-refractivity contribution in [2.45, 2.75) is 19.8 Å². The number of hydrogen-bond donors (Lipinski definition) is 1. The van der Waals surface area contributed by atoms with Crippen molar-refractivity contribution in [2.24, 2.45) is 0 Å². The Labute approximate surface area is 155 Å². The van der Waals surface area contributed by atoms with Gasteiger partial charge in [0.15, 0.2) is 5.13 Å². The van der Waals surface area contributed by atoms with E-state index in [0.29, 0.717) is 6.42 Å². The summed E-state index contributed by atoms with van der Waals surface area (Å²) < 4.78 is 13.0. The van der Waals surface area contributed by atoms with Gasteiger partial charge < -0.3 is 10.2 Å². The number of carbonyl (C=O) groups excluding carboxylic acids is 1. The Morgan fingerprint density at radius 1 is 1.27 bits per heavy atom. The van der Waals surface area contributed by atoms with Gasteiger partial charge >= 0.3 is 0 Å². The molecule has 6 heteroatoms. The number of nitrogens with one attached hydrogen (secondary N) is 1. The lowest BCUT2D eigenvalue weighted by atomic mass is 10.1. The molecule has 0 unspecified atom stereocenters. The molecule has 0 aliphatic carbocycles. The minimum atomic E-state index is -0.260. The Bertz CT molecular complexity index is 952. The van der Waals surface area contributed by atoms with Crippen LogP contribution < -0.4 is 10.2 Å². The van der Waals surface area contributed by atoms with Gasteiger partial charge in [-0.3, -0.25) is 4.79 Å². The molecule has 0 saturated heterocycles. The average molecular weight is 367 g/mol. The summed E-state index contributed by atoms with van der Waals surface area (Å²) >= 11 is 1.51. The number of aromatic nitrogens is 1. The number of halogens is 1. The van der Waals surface area contributed by atoms with Crippen molar-refractivity contribution >= 4 is 33.8 Å². The zero-order valence-electron chi connectivity index (χ0n) is 14.3. The normalized spacial score (nSPS) is 12.9. The molecule has 1 aromatic heterocycles. The van der Waals surface area contributed by atoms with Gasteiger partial charge in [0, 0.05) is 35.3 Å². The van der Waals surface area contributed by atoms with Crippen molar-refractivity contribution in [3.8, 4) is 11.3 Å². The molecular weight excluding hydrogens is 349 g/mol. The van der Waals surface area contributed by atoms with Crippen LogP contribution in [0.2, 0.25) is 0 Å². The van der Waals surface area contributed by atoms with Crippen molar-refractivity contribution in [1.29, 1.82) is 0 Å². The van der Waals surface area contributed by atoms with Gasteiger partial charge in [-0.2, -0.15) is 0 Å². The second-order valence-electron chi connectivity index (χ2n) is 6.16. The van der Waals surface area contributed by atoms with Crippen LogP contribution in [0.1, 0.15) is 18.9 Å². The molecule has 1 aliphatic rings. The molecule has 4 nitrogen and oxygen atoms in total. The van der Waals surface area contributed by atoms with Gasteiger partial charge in [0.2, 0.25) is 5.91 Å². The molecule has 1 aliphatic heterocycles. The van der Waals surface area contributed by atoms with Gasteiger partial charge in [-0.05, 0) is 48.4 Å². The zero-order valence-corrected chi connectivity index (χ0v) is 15.1. The average Bonchev–Trinajstić information content (AvgIpc) is 3.29. The molecule has 26 heavy (non-hydrogen) atoms. The summed E-state index contributed by atoms with van der Waals surface area (Å²) in [6.45, 7) is 2.64. The summed E-state index contributed by atoms with van der Waals surface area (Å²) in [6, 6.07) is 12.3. The smallest absolute Gasteiger partial charge is 0.226 e. The number of fused-ring (bicyclic) bond motifs is 1. The highest BCUT2D eigenvalue weighted by atomic mass is 32.1. The molecule has 2 heterocycles. The van der Waals surface area contributed by atoms with E-state index in [4.69, 9.17) is 0 Å². The lowest BCUT2D eigenvalue weighted by Crippen LogP contribution is -2.27. The molecular formula is C20H18FN3OS. The molecule has 0 spiro atoms. The van der Waals surface area contributed by atoms with Gasteiger partial charge in [0.05, 0.1) is 5.69 Å². The second-order valence-corrected chi connectivity index (χ2v) is 7.02. The standard InChI is InChI=1S/C20H18FN3OS/c1-2-19(25)24-10-9-14-11-13(3-8-18(14)24)17-12-26-20(23-17)22-16-6-4-15(21)5-7-16/h3-8,11-12H,2,9-10H2,1H3,(H,22,23). The first-order chi connectivity index (χ1) is 12.6. The summed E-state index contributed by atoms with van der Waals surface area (Å²) in [4.78, 5) is 18.5. The van der Waals surface area contributed by atoms with E-state index in [-0.39, 0.29) is 11.7 Å². The highest BCUT2D eigenvalue weighted by Gasteiger charge is 2.23. The fourth-order valence-electron chi connectivity index (χ4n) is 3.13. The van der Waals surface area contributed by atoms with Gasteiger partial charge in [-0.15, -0.1) is 11.3 Å². The van der Waals surface area contributed by atoms with Crippen molar-refractivity contribution in [3.05, 3.63) is 59.2 Å². The Morgan fingerprint density at radius 3 is 2.85 bits per heavy atom. The maximum Gasteiger partial charge on any atom is 0.226 e. The van der Waals surface area contributed by atoms with E-state index in [0.717, 1.165) is 40.7 Å². The Morgan fingerprint density at radius 2 is 2.08 bits per heavy atom. The molecule has 1 amide bonds. The summed E-state index contributed by atoms with van der Waals surface area (Å²) in [5.74, 6) is -0.0972. The number of anilines is 3. The van der Waals surface area contributed by atoms with Crippen LogP contribution >= 0.6 is 11.3 Å². The topological polar surface area (TPSA) is 45.2 Å². The maximum absolute atomic E-state index is 13.0. The van der Waals surface area contributed by atoms with Gasteiger partial charge in [-0.1, -0.05) is 13.0 Å². The third kappa shape index (κ3) is 3.20. The highest BCUT2D eigenvalue weighted by molar-refractivity contribution is 7.14. The van der Waals surface area contributed by atoms with Gasteiger partial charge in [0.25, 0.3) is 0 Å². The minimum Gasteiger partial charge on any atom is -0.332 e. The molecule has 0 fully saturated rings. The molecule has 1 N–H and O–H groups in total. The first kappa shape index (κ1) is 16.7. The van der Waals surface area contributed by atoms with Crippen molar-refractivity contribution in [1.82, 2.24) is 4.98 Å². The van der Waals surface area contributed by atoms with Crippen LogP contribution in [0.4, 0.5) is 20.9 Å². The Balaban J connectivity index is 1.55. The number of nitrogens with zero attached hydrogens (tertiary/aromatic N) is 2. The van der Waals surface area contributed by atoms with E-state index < -0.39 is 0 Å². The number of benzene rings is 2. The first-order valence-corrected chi connectivity index (χ1v) is 9.44. The predicted molar refractivity (Wildman–Crippen MR) is 104 cm³/mol. The SMILES string of the molecule is CCC(=O)N1CCc2cc(-c3csc(Nc4ccc(F)cc4)n3)ccc21. The maximum atomic E-state index is 13.0. The van der Waals surface area contributed by atoms with E-state index in [1.54, 1.807) is 12.1 Å². The first-order valence-electron chi connectivity index (χ1n) is 8.56. The van der Waals surface area contributed by atoms with Crippen LogP contribution in [0.5, 0.6) is 0 Å². The number of amides is 1. The lowest BCUT2D eigenvalue weighted by Gasteiger charge is -2.16. The summed E-state index contributed by atoms with van der Waals surface area (Å²) in [5.41, 5.74) is 4.93. The molecule has 3 aromatic rings. The largest absolute Gasteiger partial charge is 0.332 e. The Hall–Kier alpha value is -2.73. The molecule has 132 valence electrons. The second kappa shape index (κ2) is 6.88. The third-order valence-electron chi connectivity index (χ3n) is 4.47. The highest BCUT2D eigenvalue weighted by Crippen LogP contribution is 2.34. The predicted octanol–water partition coefficient (Wildman–Crippen LogP) is 4.99. The van der Waals surface area contributed by atoms with E-state index in [1.165, 1.54) is 29.0 Å². The van der Waals surface area contributed by atoms with Crippen molar-refractivity contribution < 1.29 is 9.18 Å². The monoisotopic (exact) mass is 367 g/mol. The third-order valence-corrected chi connectivity index (χ3v) is 5.23. The van der Waals surface area contributed by atoms with E-state index in [2.05, 4.69) is 16.4 Å². The number of thiazole rings is 1. The van der Waals surface area contributed by atoms with Crippen LogP contribution in [-0.4, -0.2) is 17.4 Å². The van der Waals surface area contributed by atoms with E-state index in [9.17, 15) is 9.18 Å². The molecule has 2 aromatic carbocycles. The van der Waals surface area contributed by atoms with Crippen LogP contribution in [0.15, 0.2) is 47.8 Å². The van der Waals surface area contributed by atoms with Crippen molar-refractivity contribution in [2.75, 3.05) is 16.8 Å². The summed E-state index contributed by atoms with van der Waals surface area (Å²) in [7, 11) is 0. The van der Waals surface area contributed by atoms with Crippen LogP contribution in [-0.2, 0) is 11.2 Å². The molecule has 0 radical (unpaired) electrons.